The van der Waals surface area contributed by atoms with Crippen molar-refractivity contribution in [1.82, 2.24) is 15.5 Å². The van der Waals surface area contributed by atoms with Crippen LogP contribution in [0, 0.1) is 0 Å². The highest BCUT2D eigenvalue weighted by molar-refractivity contribution is 6.07. The maximum absolute atomic E-state index is 11.7. The Morgan fingerprint density at radius 2 is 2.07 bits per heavy atom. The van der Waals surface area contributed by atoms with Gasteiger partial charge in [-0.3, -0.25) is 10.1 Å². The molecule has 1 aliphatic rings. The quantitative estimate of drug-likeness (QED) is 0.516. The zero-order valence-corrected chi connectivity index (χ0v) is 9.33. The van der Waals surface area contributed by atoms with Crippen molar-refractivity contribution in [2.75, 3.05) is 20.6 Å². The van der Waals surface area contributed by atoms with Gasteiger partial charge in [0.1, 0.15) is 5.54 Å². The van der Waals surface area contributed by atoms with Gasteiger partial charge in [-0.2, -0.15) is 0 Å². The first-order valence-electron chi connectivity index (χ1n) is 4.92. The number of amides is 3. The molecule has 0 aromatic rings. The van der Waals surface area contributed by atoms with Crippen LogP contribution in [0.3, 0.4) is 0 Å². The van der Waals surface area contributed by atoms with Crippen LogP contribution in [-0.2, 0) is 4.79 Å². The molecule has 0 radical (unpaired) electrons. The highest BCUT2D eigenvalue weighted by Crippen LogP contribution is 2.20. The zero-order valence-electron chi connectivity index (χ0n) is 9.33. The van der Waals surface area contributed by atoms with Crippen molar-refractivity contribution in [3.05, 3.63) is 0 Å². The second-order valence-corrected chi connectivity index (χ2v) is 4.17. The lowest BCUT2D eigenvalue weighted by Crippen LogP contribution is -2.59. The number of hydrogen-bond acceptors (Lipinski definition) is 4. The van der Waals surface area contributed by atoms with Crippen molar-refractivity contribution < 1.29 is 9.59 Å². The van der Waals surface area contributed by atoms with Crippen molar-refractivity contribution in [3.63, 3.8) is 0 Å². The number of rotatable bonds is 4. The van der Waals surface area contributed by atoms with Crippen LogP contribution in [0.15, 0.2) is 0 Å². The predicted molar refractivity (Wildman–Crippen MR) is 56.2 cm³/mol. The Hall–Kier alpha value is -1.14. The molecule has 86 valence electrons. The number of carbonyl (C=O) groups is 2. The van der Waals surface area contributed by atoms with Crippen LogP contribution < -0.4 is 16.4 Å². The Bertz CT molecular complexity index is 279. The molecule has 0 bridgehead atoms. The van der Waals surface area contributed by atoms with Gasteiger partial charge < -0.3 is 16.0 Å². The first-order chi connectivity index (χ1) is 6.91. The Labute approximate surface area is 89.2 Å². The second-order valence-electron chi connectivity index (χ2n) is 4.17. The first kappa shape index (κ1) is 11.9. The Morgan fingerprint density at radius 3 is 2.40 bits per heavy atom. The molecule has 2 atom stereocenters. The van der Waals surface area contributed by atoms with Crippen molar-refractivity contribution in [2.24, 2.45) is 5.73 Å². The van der Waals surface area contributed by atoms with E-state index >= 15 is 0 Å². The van der Waals surface area contributed by atoms with E-state index in [1.807, 2.05) is 19.0 Å². The summed E-state index contributed by atoms with van der Waals surface area (Å²) in [5.74, 6) is -0.292. The van der Waals surface area contributed by atoms with E-state index in [1.165, 1.54) is 0 Å². The summed E-state index contributed by atoms with van der Waals surface area (Å²) >= 11 is 0. The van der Waals surface area contributed by atoms with Crippen molar-refractivity contribution in [1.29, 1.82) is 0 Å². The number of nitrogens with one attached hydrogen (secondary N) is 2. The van der Waals surface area contributed by atoms with Crippen LogP contribution in [0.4, 0.5) is 4.79 Å². The van der Waals surface area contributed by atoms with E-state index in [0.717, 1.165) is 0 Å². The van der Waals surface area contributed by atoms with E-state index in [4.69, 9.17) is 5.73 Å². The Balaban J connectivity index is 2.90. The molecule has 15 heavy (non-hydrogen) atoms. The summed E-state index contributed by atoms with van der Waals surface area (Å²) in [4.78, 5) is 24.7. The van der Waals surface area contributed by atoms with Gasteiger partial charge in [-0.25, -0.2) is 4.79 Å². The third-order valence-electron chi connectivity index (χ3n) is 2.80. The highest BCUT2D eigenvalue weighted by Gasteiger charge is 2.48. The average Bonchev–Trinajstić information content (AvgIpc) is 2.36. The molecule has 1 rings (SSSR count). The summed E-state index contributed by atoms with van der Waals surface area (Å²) < 4.78 is 0. The molecule has 0 aliphatic carbocycles. The largest absolute Gasteiger partial charge is 0.330 e. The first-order valence-corrected chi connectivity index (χ1v) is 4.92. The number of nitrogens with zero attached hydrogens (tertiary/aromatic N) is 1. The van der Waals surface area contributed by atoms with Gasteiger partial charge in [-0.05, 0) is 34.0 Å². The molecule has 1 heterocycles. The van der Waals surface area contributed by atoms with Crippen LogP contribution in [0.5, 0.6) is 0 Å². The molecule has 1 aliphatic heterocycles. The molecule has 0 aromatic heterocycles. The maximum Gasteiger partial charge on any atom is 0.322 e. The molecule has 6 heteroatoms. The Kier molecular flexibility index (Phi) is 3.31. The van der Waals surface area contributed by atoms with E-state index in [-0.39, 0.29) is 11.9 Å². The number of urea groups is 1. The fraction of sp³-hybridized carbons (Fsp3) is 0.778. The fourth-order valence-corrected chi connectivity index (χ4v) is 2.01. The monoisotopic (exact) mass is 214 g/mol. The molecule has 6 nitrogen and oxygen atoms in total. The van der Waals surface area contributed by atoms with Gasteiger partial charge in [0.25, 0.3) is 5.91 Å². The highest BCUT2D eigenvalue weighted by atomic mass is 16.2. The van der Waals surface area contributed by atoms with Crippen LogP contribution in [-0.4, -0.2) is 49.1 Å². The number of nitrogens with two attached hydrogens (primary N) is 1. The summed E-state index contributed by atoms with van der Waals surface area (Å²) in [6.45, 7) is 2.19. The molecule has 3 amide bonds. The van der Waals surface area contributed by atoms with Crippen molar-refractivity contribution in [2.45, 2.75) is 24.9 Å². The molecule has 1 saturated heterocycles. The fourth-order valence-electron chi connectivity index (χ4n) is 2.01. The third kappa shape index (κ3) is 2.10. The minimum Gasteiger partial charge on any atom is -0.330 e. The molecular weight excluding hydrogens is 196 g/mol. The van der Waals surface area contributed by atoms with E-state index in [0.29, 0.717) is 13.0 Å². The average molecular weight is 214 g/mol. The van der Waals surface area contributed by atoms with E-state index < -0.39 is 11.6 Å². The Morgan fingerprint density at radius 1 is 1.47 bits per heavy atom. The van der Waals surface area contributed by atoms with E-state index in [9.17, 15) is 9.59 Å². The summed E-state index contributed by atoms with van der Waals surface area (Å²) in [5, 5.41) is 4.89. The summed E-state index contributed by atoms with van der Waals surface area (Å²) in [5.41, 5.74) is 4.61. The standard InChI is InChI=1S/C9H18N4O2/c1-9(6(4-5-10)13(2)3)7(14)11-8(15)12-9/h6H,4-5,10H2,1-3H3,(H2,11,12,14,15). The number of likely N-dealkylation sites (N-methyl/N-ethyl adjacent to an activating group) is 1. The van der Waals surface area contributed by atoms with Crippen molar-refractivity contribution >= 4 is 11.9 Å². The summed E-state index contributed by atoms with van der Waals surface area (Å²) in [6.07, 6.45) is 0.650. The smallest absolute Gasteiger partial charge is 0.322 e. The molecule has 0 aromatic carbocycles. The predicted octanol–water partition coefficient (Wildman–Crippen LogP) is -1.14. The number of carbonyl (C=O) groups excluding carboxylic acids is 2. The molecule has 0 saturated carbocycles. The lowest BCUT2D eigenvalue weighted by Gasteiger charge is -2.35. The van der Waals surface area contributed by atoms with Gasteiger partial charge >= 0.3 is 6.03 Å². The van der Waals surface area contributed by atoms with Crippen LogP contribution in [0.1, 0.15) is 13.3 Å². The number of hydrogen-bond donors (Lipinski definition) is 3. The minimum absolute atomic E-state index is 0.103. The molecule has 1 fully saturated rings. The van der Waals surface area contributed by atoms with Crippen LogP contribution >= 0.6 is 0 Å². The van der Waals surface area contributed by atoms with Gasteiger partial charge in [0, 0.05) is 6.04 Å². The van der Waals surface area contributed by atoms with E-state index in [2.05, 4.69) is 10.6 Å². The molecular formula is C9H18N4O2. The topological polar surface area (TPSA) is 87.5 Å². The lowest BCUT2D eigenvalue weighted by molar-refractivity contribution is -0.125. The summed E-state index contributed by atoms with van der Waals surface area (Å²) in [6, 6.07) is -0.541. The molecule has 2 unspecified atom stereocenters. The van der Waals surface area contributed by atoms with Crippen LogP contribution in [0.2, 0.25) is 0 Å². The van der Waals surface area contributed by atoms with Gasteiger partial charge in [0.2, 0.25) is 0 Å². The third-order valence-corrected chi connectivity index (χ3v) is 2.80. The second kappa shape index (κ2) is 4.16. The summed E-state index contributed by atoms with van der Waals surface area (Å²) in [7, 11) is 3.73. The van der Waals surface area contributed by atoms with Crippen molar-refractivity contribution in [3.8, 4) is 0 Å². The van der Waals surface area contributed by atoms with Gasteiger partial charge in [0.15, 0.2) is 0 Å². The minimum atomic E-state index is -0.889. The van der Waals surface area contributed by atoms with Gasteiger partial charge in [-0.1, -0.05) is 0 Å². The molecule has 0 spiro atoms. The normalized spacial score (nSPS) is 27.8. The number of imide groups is 1. The lowest BCUT2D eigenvalue weighted by atomic mass is 9.89. The van der Waals surface area contributed by atoms with Gasteiger partial charge in [-0.15, -0.1) is 0 Å². The van der Waals surface area contributed by atoms with E-state index in [1.54, 1.807) is 6.92 Å². The molecule has 4 N–H and O–H groups in total. The maximum atomic E-state index is 11.7. The van der Waals surface area contributed by atoms with Gasteiger partial charge in [0.05, 0.1) is 0 Å². The van der Waals surface area contributed by atoms with Crippen LogP contribution in [0.25, 0.3) is 0 Å². The SMILES string of the molecule is CN(C)C(CCN)C1(C)NC(=O)NC1=O. The zero-order chi connectivity index (χ0) is 11.6.